The minimum Gasteiger partial charge on any atom is -0.444 e. The van der Waals surface area contributed by atoms with Crippen LogP contribution < -0.4 is 4.90 Å². The number of carbonyl (C=O) groups excluding carboxylic acids is 1. The molecular formula is C17H20Cl2FN5O2. The van der Waals surface area contributed by atoms with Crippen LogP contribution in [0.4, 0.5) is 15.0 Å². The molecule has 0 aliphatic carbocycles. The second-order valence-corrected chi connectivity index (χ2v) is 8.11. The third-order valence-corrected chi connectivity index (χ3v) is 4.58. The smallest absolute Gasteiger partial charge is 0.410 e. The third-order valence-electron chi connectivity index (χ3n) is 4.15. The molecule has 3 rings (SSSR count). The van der Waals surface area contributed by atoms with Crippen molar-refractivity contribution in [1.82, 2.24) is 19.9 Å². The summed E-state index contributed by atoms with van der Waals surface area (Å²) < 4.78 is 19.7. The molecule has 2 aromatic rings. The zero-order valence-electron chi connectivity index (χ0n) is 15.5. The summed E-state index contributed by atoms with van der Waals surface area (Å²) in [5, 5.41) is 0.0605. The van der Waals surface area contributed by atoms with Crippen molar-refractivity contribution >= 4 is 46.0 Å². The van der Waals surface area contributed by atoms with Gasteiger partial charge in [-0.2, -0.15) is 4.98 Å². The van der Waals surface area contributed by atoms with Crippen molar-refractivity contribution in [3.63, 3.8) is 0 Å². The normalized spacial score (nSPS) is 18.1. The topological polar surface area (TPSA) is 71.5 Å². The Labute approximate surface area is 166 Å². The number of ether oxygens (including phenoxy) is 1. The van der Waals surface area contributed by atoms with Crippen molar-refractivity contribution in [3.8, 4) is 0 Å². The van der Waals surface area contributed by atoms with Crippen LogP contribution >= 0.6 is 23.2 Å². The second-order valence-electron chi connectivity index (χ2n) is 7.41. The minimum atomic E-state index is -0.736. The van der Waals surface area contributed by atoms with Crippen LogP contribution in [0.3, 0.4) is 0 Å². The number of anilines is 1. The van der Waals surface area contributed by atoms with Crippen molar-refractivity contribution in [1.29, 1.82) is 0 Å². The first-order valence-electron chi connectivity index (χ1n) is 8.48. The fourth-order valence-corrected chi connectivity index (χ4v) is 3.28. The number of amides is 1. The van der Waals surface area contributed by atoms with E-state index in [-0.39, 0.29) is 28.1 Å². The Kier molecular flexibility index (Phi) is 5.31. The number of aromatic nitrogens is 3. The highest BCUT2D eigenvalue weighted by Gasteiger charge is 2.31. The van der Waals surface area contributed by atoms with E-state index in [2.05, 4.69) is 15.0 Å². The molecule has 0 bridgehead atoms. The fourth-order valence-electron chi connectivity index (χ4n) is 2.98. The summed E-state index contributed by atoms with van der Waals surface area (Å²) in [5.41, 5.74) is -0.539. The van der Waals surface area contributed by atoms with E-state index < -0.39 is 11.4 Å². The molecule has 3 heterocycles. The average molecular weight is 416 g/mol. The SMILES string of the molecule is C[C@H]1CN(C(=O)OC(C)(C)C)CCN1c1nc(Cl)nc2c(F)c(Cl)ncc12. The maximum atomic E-state index is 14.3. The molecule has 0 saturated carbocycles. The predicted molar refractivity (Wildman–Crippen MR) is 102 cm³/mol. The highest BCUT2D eigenvalue weighted by atomic mass is 35.5. The number of halogens is 3. The van der Waals surface area contributed by atoms with Gasteiger partial charge in [0.15, 0.2) is 11.0 Å². The third kappa shape index (κ3) is 4.16. The van der Waals surface area contributed by atoms with Gasteiger partial charge in [-0.05, 0) is 39.3 Å². The van der Waals surface area contributed by atoms with Gasteiger partial charge in [-0.3, -0.25) is 0 Å². The van der Waals surface area contributed by atoms with E-state index >= 15 is 0 Å². The molecular weight excluding hydrogens is 396 g/mol. The lowest BCUT2D eigenvalue weighted by molar-refractivity contribution is 0.0218. The molecule has 0 spiro atoms. The Hall–Kier alpha value is -1.93. The number of hydrogen-bond acceptors (Lipinski definition) is 6. The van der Waals surface area contributed by atoms with E-state index in [0.29, 0.717) is 30.8 Å². The summed E-state index contributed by atoms with van der Waals surface area (Å²) >= 11 is 11.8. The van der Waals surface area contributed by atoms with Crippen LogP contribution in [0.1, 0.15) is 27.7 Å². The van der Waals surface area contributed by atoms with Crippen LogP contribution in [-0.2, 0) is 4.74 Å². The van der Waals surface area contributed by atoms with Gasteiger partial charge < -0.3 is 14.5 Å². The number of hydrogen-bond donors (Lipinski definition) is 0. The van der Waals surface area contributed by atoms with Gasteiger partial charge >= 0.3 is 6.09 Å². The molecule has 0 unspecified atom stereocenters. The van der Waals surface area contributed by atoms with E-state index in [1.54, 1.807) is 4.90 Å². The van der Waals surface area contributed by atoms with Gasteiger partial charge in [0.05, 0.1) is 5.39 Å². The molecule has 1 aliphatic rings. The van der Waals surface area contributed by atoms with E-state index in [1.807, 2.05) is 32.6 Å². The van der Waals surface area contributed by atoms with Gasteiger partial charge in [0, 0.05) is 31.9 Å². The Morgan fingerprint density at radius 1 is 1.30 bits per heavy atom. The standard InChI is InChI=1S/C17H20Cl2FN5O2/c1-9-8-24(16(26)27-17(2,3)4)5-6-25(9)14-10-7-21-13(18)11(20)12(10)22-15(19)23-14/h7,9H,5-6,8H2,1-4H3/t9-/m0/s1. The van der Waals surface area contributed by atoms with Crippen LogP contribution in [0.25, 0.3) is 10.9 Å². The molecule has 10 heteroatoms. The van der Waals surface area contributed by atoms with Crippen LogP contribution in [-0.4, -0.2) is 57.2 Å². The van der Waals surface area contributed by atoms with Crippen LogP contribution in [0.15, 0.2) is 6.20 Å². The molecule has 0 radical (unpaired) electrons. The Morgan fingerprint density at radius 2 is 2.00 bits per heavy atom. The van der Waals surface area contributed by atoms with Gasteiger partial charge in [0.1, 0.15) is 16.9 Å². The molecule has 1 atom stereocenters. The van der Waals surface area contributed by atoms with Gasteiger partial charge in [-0.15, -0.1) is 0 Å². The van der Waals surface area contributed by atoms with Crippen molar-refractivity contribution in [3.05, 3.63) is 22.5 Å². The number of nitrogens with zero attached hydrogens (tertiary/aromatic N) is 5. The molecule has 7 nitrogen and oxygen atoms in total. The zero-order chi connectivity index (χ0) is 19.9. The molecule has 27 heavy (non-hydrogen) atoms. The van der Waals surface area contributed by atoms with Crippen LogP contribution in [0, 0.1) is 5.82 Å². The van der Waals surface area contributed by atoms with E-state index in [9.17, 15) is 9.18 Å². The lowest BCUT2D eigenvalue weighted by Gasteiger charge is -2.41. The van der Waals surface area contributed by atoms with Gasteiger partial charge in [0.2, 0.25) is 5.28 Å². The maximum absolute atomic E-state index is 14.3. The van der Waals surface area contributed by atoms with E-state index in [0.717, 1.165) is 0 Å². The molecule has 1 aliphatic heterocycles. The molecule has 2 aromatic heterocycles. The van der Waals surface area contributed by atoms with Crippen LogP contribution in [0.2, 0.25) is 10.4 Å². The summed E-state index contributed by atoms with van der Waals surface area (Å²) in [6.07, 6.45) is 1.07. The summed E-state index contributed by atoms with van der Waals surface area (Å²) in [5.74, 6) is -0.274. The summed E-state index contributed by atoms with van der Waals surface area (Å²) in [6, 6.07) is -0.0980. The summed E-state index contributed by atoms with van der Waals surface area (Å²) in [6.45, 7) is 8.77. The van der Waals surface area contributed by atoms with Crippen molar-refractivity contribution in [2.75, 3.05) is 24.5 Å². The highest BCUT2D eigenvalue weighted by Crippen LogP contribution is 2.31. The summed E-state index contributed by atoms with van der Waals surface area (Å²) in [7, 11) is 0. The second kappa shape index (κ2) is 7.24. The number of rotatable bonds is 1. The summed E-state index contributed by atoms with van der Waals surface area (Å²) in [4.78, 5) is 28.0. The molecule has 0 aromatic carbocycles. The molecule has 1 saturated heterocycles. The first-order valence-corrected chi connectivity index (χ1v) is 9.24. The van der Waals surface area contributed by atoms with Crippen molar-refractivity contribution in [2.45, 2.75) is 39.3 Å². The zero-order valence-corrected chi connectivity index (χ0v) is 17.0. The molecule has 1 fully saturated rings. The van der Waals surface area contributed by atoms with Crippen molar-refractivity contribution in [2.24, 2.45) is 0 Å². The molecule has 0 N–H and O–H groups in total. The van der Waals surface area contributed by atoms with E-state index in [1.165, 1.54) is 6.20 Å². The molecule has 1 amide bonds. The van der Waals surface area contributed by atoms with Crippen molar-refractivity contribution < 1.29 is 13.9 Å². The highest BCUT2D eigenvalue weighted by molar-refractivity contribution is 6.30. The maximum Gasteiger partial charge on any atom is 0.410 e. The van der Waals surface area contributed by atoms with Gasteiger partial charge in [0.25, 0.3) is 0 Å². The predicted octanol–water partition coefficient (Wildman–Crippen LogP) is 3.92. The minimum absolute atomic E-state index is 0.0202. The Morgan fingerprint density at radius 3 is 2.63 bits per heavy atom. The first-order chi connectivity index (χ1) is 12.6. The lowest BCUT2D eigenvalue weighted by atomic mass is 10.1. The lowest BCUT2D eigenvalue weighted by Crippen LogP contribution is -2.54. The first kappa shape index (κ1) is 19.8. The Balaban J connectivity index is 1.89. The monoisotopic (exact) mass is 415 g/mol. The van der Waals surface area contributed by atoms with Crippen LogP contribution in [0.5, 0.6) is 0 Å². The quantitative estimate of drug-likeness (QED) is 0.519. The van der Waals surface area contributed by atoms with Gasteiger partial charge in [-0.1, -0.05) is 11.6 Å². The number of pyridine rings is 1. The Bertz CT molecular complexity index is 890. The number of piperazine rings is 1. The molecule has 146 valence electrons. The largest absolute Gasteiger partial charge is 0.444 e. The number of carbonyl (C=O) groups is 1. The number of fused-ring (bicyclic) bond motifs is 1. The average Bonchev–Trinajstić information content (AvgIpc) is 2.56. The van der Waals surface area contributed by atoms with Gasteiger partial charge in [-0.25, -0.2) is 19.2 Å². The fraction of sp³-hybridized carbons (Fsp3) is 0.529. The van der Waals surface area contributed by atoms with E-state index in [4.69, 9.17) is 27.9 Å².